The zero-order valence-corrected chi connectivity index (χ0v) is 18.1. The molecule has 31 heavy (non-hydrogen) atoms. The Morgan fingerprint density at radius 1 is 1.03 bits per heavy atom. The van der Waals surface area contributed by atoms with E-state index < -0.39 is 27.5 Å². The Morgan fingerprint density at radius 2 is 1.52 bits per heavy atom. The summed E-state index contributed by atoms with van der Waals surface area (Å²) in [6, 6.07) is 6.83. The van der Waals surface area contributed by atoms with Crippen molar-refractivity contribution in [3.05, 3.63) is 46.4 Å². The van der Waals surface area contributed by atoms with E-state index in [0.29, 0.717) is 5.69 Å². The van der Waals surface area contributed by atoms with E-state index in [1.807, 2.05) is 5.32 Å². The molecule has 1 unspecified atom stereocenters. The third kappa shape index (κ3) is 5.42. The van der Waals surface area contributed by atoms with Gasteiger partial charge in [-0.25, -0.2) is 8.42 Å². The first kappa shape index (κ1) is 25.2. The molecule has 2 aromatic carbocycles. The predicted octanol–water partition coefficient (Wildman–Crippen LogP) is 3.48. The molecule has 1 amide bonds. The molecule has 13 heteroatoms. The summed E-state index contributed by atoms with van der Waals surface area (Å²) in [6.07, 6.45) is -5.23. The van der Waals surface area contributed by atoms with Crippen molar-refractivity contribution in [1.82, 2.24) is 0 Å². The highest BCUT2D eigenvalue weighted by Crippen LogP contribution is 2.34. The fourth-order valence-corrected chi connectivity index (χ4v) is 4.19. The molecule has 1 atom stereocenters. The van der Waals surface area contributed by atoms with E-state index in [1.165, 1.54) is 18.2 Å². The van der Waals surface area contributed by atoms with E-state index in [1.54, 1.807) is 0 Å². The van der Waals surface area contributed by atoms with Crippen molar-refractivity contribution in [2.75, 3.05) is 23.8 Å². The Hall–Kier alpha value is -2.05. The number of anilines is 2. The van der Waals surface area contributed by atoms with Crippen LogP contribution in [0.15, 0.2) is 46.2 Å². The van der Waals surface area contributed by atoms with Crippen LogP contribution >= 0.6 is 23.2 Å². The Bertz CT molecular complexity index is 1090. The second-order valence-corrected chi connectivity index (χ2v) is 9.23. The van der Waals surface area contributed by atoms with Crippen molar-refractivity contribution in [1.29, 1.82) is 0 Å². The maximum Gasteiger partial charge on any atom is 0.426 e. The average molecular weight is 501 g/mol. The summed E-state index contributed by atoms with van der Waals surface area (Å²) in [6.45, 7) is 0.323. The molecule has 0 bridgehead atoms. The summed E-state index contributed by atoms with van der Waals surface area (Å²) in [5, 5.41) is 22.6. The third-order valence-electron chi connectivity index (χ3n) is 4.17. The lowest BCUT2D eigenvalue weighted by atomic mass is 10.1. The van der Waals surface area contributed by atoms with Crippen LogP contribution in [0.1, 0.15) is 6.92 Å². The van der Waals surface area contributed by atoms with E-state index in [-0.39, 0.29) is 45.6 Å². The SMILES string of the molecule is CC(O)(C(=O)Nc1ccc(S(=O)(=O)c2ccc(NCCO)c(Cl)c2)cc1Cl)C(F)(F)F. The number of rotatable bonds is 7. The summed E-state index contributed by atoms with van der Waals surface area (Å²) < 4.78 is 64.0. The van der Waals surface area contributed by atoms with Crippen LogP contribution in [-0.2, 0) is 14.6 Å². The maximum absolute atomic E-state index is 12.8. The molecule has 0 aromatic heterocycles. The van der Waals surface area contributed by atoms with Crippen LogP contribution in [0.5, 0.6) is 0 Å². The number of sulfone groups is 1. The number of nitrogens with one attached hydrogen (secondary N) is 2. The van der Waals surface area contributed by atoms with Crippen LogP contribution in [0.2, 0.25) is 10.0 Å². The molecule has 4 N–H and O–H groups in total. The van der Waals surface area contributed by atoms with Crippen LogP contribution < -0.4 is 10.6 Å². The van der Waals surface area contributed by atoms with Crippen LogP contribution in [0.3, 0.4) is 0 Å². The van der Waals surface area contributed by atoms with Gasteiger partial charge in [0.15, 0.2) is 0 Å². The van der Waals surface area contributed by atoms with Gasteiger partial charge in [0.05, 0.1) is 37.8 Å². The lowest BCUT2D eigenvalue weighted by molar-refractivity contribution is -0.242. The van der Waals surface area contributed by atoms with E-state index in [9.17, 15) is 31.5 Å². The van der Waals surface area contributed by atoms with E-state index in [2.05, 4.69) is 5.32 Å². The highest BCUT2D eigenvalue weighted by atomic mass is 35.5. The van der Waals surface area contributed by atoms with Gasteiger partial charge in [-0.15, -0.1) is 0 Å². The van der Waals surface area contributed by atoms with Gasteiger partial charge in [0.25, 0.3) is 5.91 Å². The minimum Gasteiger partial charge on any atom is -0.395 e. The lowest BCUT2D eigenvalue weighted by Crippen LogP contribution is -2.52. The fourth-order valence-electron chi connectivity index (χ4n) is 2.27. The molecule has 7 nitrogen and oxygen atoms in total. The van der Waals surface area contributed by atoms with Gasteiger partial charge in [-0.2, -0.15) is 13.2 Å². The summed E-state index contributed by atoms with van der Waals surface area (Å²) in [7, 11) is -4.11. The largest absolute Gasteiger partial charge is 0.426 e. The second-order valence-electron chi connectivity index (χ2n) is 6.46. The maximum atomic E-state index is 12.8. The molecule has 2 rings (SSSR count). The standard InChI is InChI=1S/C18H17Cl2F3N2O5S/c1-17(28,18(21,22)23)16(27)25-15-5-3-11(9-13(15)20)31(29,30)10-2-4-14(12(19)8-10)24-6-7-26/h2-5,8-9,24,26,28H,6-7H2,1H3,(H,25,27). The third-order valence-corrected chi connectivity index (χ3v) is 6.55. The Labute approximate surface area is 185 Å². The zero-order chi connectivity index (χ0) is 23.6. The Kier molecular flexibility index (Phi) is 7.49. The van der Waals surface area contributed by atoms with E-state index in [0.717, 1.165) is 18.2 Å². The van der Waals surface area contributed by atoms with Crippen LogP contribution in [0, 0.1) is 0 Å². The first-order valence-electron chi connectivity index (χ1n) is 8.51. The smallest absolute Gasteiger partial charge is 0.395 e. The number of halogens is 5. The first-order chi connectivity index (χ1) is 14.2. The summed E-state index contributed by atoms with van der Waals surface area (Å²) >= 11 is 12.0. The molecule has 170 valence electrons. The summed E-state index contributed by atoms with van der Waals surface area (Å²) in [4.78, 5) is 11.3. The zero-order valence-electron chi connectivity index (χ0n) is 15.8. The van der Waals surface area contributed by atoms with Crippen LogP contribution in [0.4, 0.5) is 24.5 Å². The molecule has 0 radical (unpaired) electrons. The van der Waals surface area contributed by atoms with Gasteiger partial charge in [-0.1, -0.05) is 23.2 Å². The number of carbonyl (C=O) groups excluding carboxylic acids is 1. The van der Waals surface area contributed by atoms with Gasteiger partial charge < -0.3 is 20.8 Å². The highest BCUT2D eigenvalue weighted by molar-refractivity contribution is 7.91. The number of aliphatic hydroxyl groups is 2. The van der Waals surface area contributed by atoms with Crippen molar-refractivity contribution in [3.8, 4) is 0 Å². The van der Waals surface area contributed by atoms with Crippen molar-refractivity contribution in [2.45, 2.75) is 28.5 Å². The van der Waals surface area contributed by atoms with E-state index in [4.69, 9.17) is 28.3 Å². The van der Waals surface area contributed by atoms with Gasteiger partial charge in [0.1, 0.15) is 0 Å². The molecular weight excluding hydrogens is 484 g/mol. The lowest BCUT2D eigenvalue weighted by Gasteiger charge is -2.25. The minimum absolute atomic E-state index is 0.0823. The normalized spacial score (nSPS) is 14.1. The van der Waals surface area contributed by atoms with Gasteiger partial charge in [-0.05, 0) is 43.3 Å². The van der Waals surface area contributed by atoms with Crippen LogP contribution in [-0.4, -0.2) is 49.5 Å². The molecular formula is C18H17Cl2F3N2O5S. The van der Waals surface area contributed by atoms with Crippen molar-refractivity contribution in [2.24, 2.45) is 0 Å². The first-order valence-corrected chi connectivity index (χ1v) is 10.7. The molecule has 0 saturated heterocycles. The number of hydrogen-bond donors (Lipinski definition) is 4. The number of aliphatic hydroxyl groups excluding tert-OH is 1. The molecule has 2 aromatic rings. The summed E-state index contributed by atoms with van der Waals surface area (Å²) in [5.74, 6) is -1.78. The van der Waals surface area contributed by atoms with Gasteiger partial charge in [0, 0.05) is 6.54 Å². The summed E-state index contributed by atoms with van der Waals surface area (Å²) in [5.41, 5.74) is -3.59. The number of hydrogen-bond acceptors (Lipinski definition) is 6. The van der Waals surface area contributed by atoms with Crippen molar-refractivity contribution < 1.29 is 36.6 Å². The monoisotopic (exact) mass is 500 g/mol. The fraction of sp³-hybridized carbons (Fsp3) is 0.278. The second kappa shape index (κ2) is 9.21. The van der Waals surface area contributed by atoms with Crippen molar-refractivity contribution in [3.63, 3.8) is 0 Å². The number of alkyl halides is 3. The molecule has 0 aliphatic heterocycles. The average Bonchev–Trinajstić information content (AvgIpc) is 2.67. The molecule has 0 aliphatic rings. The molecule has 0 spiro atoms. The van der Waals surface area contributed by atoms with E-state index >= 15 is 0 Å². The number of amides is 1. The molecule has 0 heterocycles. The molecule has 0 aliphatic carbocycles. The predicted molar refractivity (Wildman–Crippen MR) is 109 cm³/mol. The molecule has 0 fully saturated rings. The number of benzene rings is 2. The minimum atomic E-state index is -5.23. The quantitative estimate of drug-likeness (QED) is 0.462. The van der Waals surface area contributed by atoms with Crippen molar-refractivity contribution >= 4 is 50.3 Å². The van der Waals surface area contributed by atoms with Gasteiger partial charge in [0.2, 0.25) is 15.4 Å². The Balaban J connectivity index is 2.32. The van der Waals surface area contributed by atoms with Gasteiger partial charge in [-0.3, -0.25) is 4.79 Å². The number of carbonyl (C=O) groups is 1. The van der Waals surface area contributed by atoms with Crippen LogP contribution in [0.25, 0.3) is 0 Å². The molecule has 0 saturated carbocycles. The Morgan fingerprint density at radius 3 is 1.94 bits per heavy atom. The topological polar surface area (TPSA) is 116 Å². The highest BCUT2D eigenvalue weighted by Gasteiger charge is 2.55. The van der Waals surface area contributed by atoms with Gasteiger partial charge >= 0.3 is 6.18 Å².